The van der Waals surface area contributed by atoms with Crippen LogP contribution in [0, 0.1) is 0 Å². The lowest BCUT2D eigenvalue weighted by Crippen LogP contribution is -2.09. The minimum absolute atomic E-state index is 0.235. The lowest BCUT2D eigenvalue weighted by atomic mass is 10.2. The molecule has 4 nitrogen and oxygen atoms in total. The Kier molecular flexibility index (Phi) is 3.02. The van der Waals surface area contributed by atoms with Crippen LogP contribution in [0.1, 0.15) is 22.1 Å². The number of ether oxygens (including phenoxy) is 1. The molecule has 0 amide bonds. The van der Waals surface area contributed by atoms with Crippen LogP contribution in [0.15, 0.2) is 36.5 Å². The number of hydrogen-bond acceptors (Lipinski definition) is 3. The van der Waals surface area contributed by atoms with Crippen LogP contribution in [0.5, 0.6) is 5.75 Å². The smallest absolute Gasteiger partial charge is 0.257 e. The van der Waals surface area contributed by atoms with Crippen molar-refractivity contribution in [1.82, 2.24) is 4.57 Å². The Bertz CT molecular complexity index is 652. The third-order valence-electron chi connectivity index (χ3n) is 2.75. The van der Waals surface area contributed by atoms with Gasteiger partial charge in [-0.3, -0.25) is 14.2 Å². The molecular weight excluding hydrogens is 230 g/mol. The number of carbonyl (C=O) groups excluding carboxylic acids is 2. The number of carbonyl (C=O) groups is 2. The van der Waals surface area contributed by atoms with E-state index in [1.165, 1.54) is 10.8 Å². The molecule has 1 aromatic carbocycles. The van der Waals surface area contributed by atoms with Crippen LogP contribution in [0.25, 0.3) is 10.9 Å². The molecule has 92 valence electrons. The van der Waals surface area contributed by atoms with Gasteiger partial charge in [-0.2, -0.15) is 0 Å². The van der Waals surface area contributed by atoms with Gasteiger partial charge in [-0.05, 0) is 19.1 Å². The Morgan fingerprint density at radius 3 is 2.72 bits per heavy atom. The largest absolute Gasteiger partial charge is 0.497 e. The van der Waals surface area contributed by atoms with Gasteiger partial charge in [0, 0.05) is 28.8 Å². The summed E-state index contributed by atoms with van der Waals surface area (Å²) in [5.41, 5.74) is 1.53. The Labute approximate surface area is 104 Å². The van der Waals surface area contributed by atoms with Crippen LogP contribution in [0.2, 0.25) is 0 Å². The molecule has 0 aliphatic rings. The van der Waals surface area contributed by atoms with Crippen LogP contribution in [-0.4, -0.2) is 23.9 Å². The van der Waals surface area contributed by atoms with E-state index in [1.807, 2.05) is 0 Å². The summed E-state index contributed by atoms with van der Waals surface area (Å²) in [6.07, 6.45) is 2.26. The second-order valence-corrected chi connectivity index (χ2v) is 4.04. The maximum Gasteiger partial charge on any atom is 0.257 e. The van der Waals surface area contributed by atoms with Gasteiger partial charge in [0.15, 0.2) is 6.29 Å². The topological polar surface area (TPSA) is 48.3 Å². The third kappa shape index (κ3) is 1.82. The number of aldehydes is 1. The van der Waals surface area contributed by atoms with Crippen molar-refractivity contribution < 1.29 is 14.3 Å². The van der Waals surface area contributed by atoms with E-state index in [2.05, 4.69) is 6.58 Å². The van der Waals surface area contributed by atoms with Gasteiger partial charge < -0.3 is 4.74 Å². The quantitative estimate of drug-likeness (QED) is 0.615. The highest BCUT2D eigenvalue weighted by Gasteiger charge is 2.14. The van der Waals surface area contributed by atoms with Crippen molar-refractivity contribution in [1.29, 1.82) is 0 Å². The first-order valence-electron chi connectivity index (χ1n) is 5.43. The zero-order chi connectivity index (χ0) is 13.3. The standard InChI is InChI=1S/C14H13NO3/c1-9(2)14(17)15-7-10(8-16)12-5-4-11(18-3)6-13(12)15/h4-8H,1H2,2-3H3. The lowest BCUT2D eigenvalue weighted by molar-refractivity contribution is 0.0960. The van der Waals surface area contributed by atoms with Crippen molar-refractivity contribution in [2.75, 3.05) is 7.11 Å². The molecule has 0 aliphatic heterocycles. The number of methoxy groups -OCH3 is 1. The number of nitrogens with zero attached hydrogens (tertiary/aromatic N) is 1. The minimum atomic E-state index is -0.235. The average molecular weight is 243 g/mol. The fourth-order valence-electron chi connectivity index (χ4n) is 1.83. The third-order valence-corrected chi connectivity index (χ3v) is 2.75. The molecule has 1 heterocycles. The summed E-state index contributed by atoms with van der Waals surface area (Å²) in [5.74, 6) is 0.398. The molecule has 0 radical (unpaired) electrons. The molecule has 0 fully saturated rings. The Hall–Kier alpha value is -2.36. The number of benzene rings is 1. The molecule has 0 saturated carbocycles. The molecule has 0 N–H and O–H groups in total. The average Bonchev–Trinajstić information content (AvgIpc) is 2.75. The SMILES string of the molecule is C=C(C)C(=O)n1cc(C=O)c2ccc(OC)cc21. The predicted molar refractivity (Wildman–Crippen MR) is 69.3 cm³/mol. The van der Waals surface area contributed by atoms with Gasteiger partial charge in [0.2, 0.25) is 0 Å². The van der Waals surface area contributed by atoms with Gasteiger partial charge >= 0.3 is 0 Å². The van der Waals surface area contributed by atoms with Crippen molar-refractivity contribution in [3.05, 3.63) is 42.1 Å². The summed E-state index contributed by atoms with van der Waals surface area (Å²) >= 11 is 0. The van der Waals surface area contributed by atoms with Crippen molar-refractivity contribution in [3.8, 4) is 5.75 Å². The van der Waals surface area contributed by atoms with Crippen LogP contribution in [0.3, 0.4) is 0 Å². The highest BCUT2D eigenvalue weighted by Crippen LogP contribution is 2.25. The monoisotopic (exact) mass is 243 g/mol. The number of hydrogen-bond donors (Lipinski definition) is 0. The molecule has 0 unspecified atom stereocenters. The van der Waals surface area contributed by atoms with Crippen LogP contribution >= 0.6 is 0 Å². The molecule has 0 bridgehead atoms. The first kappa shape index (κ1) is 12.1. The highest BCUT2D eigenvalue weighted by atomic mass is 16.5. The molecule has 0 spiro atoms. The zero-order valence-corrected chi connectivity index (χ0v) is 10.3. The summed E-state index contributed by atoms with van der Waals surface area (Å²) in [5, 5.41) is 0.723. The summed E-state index contributed by atoms with van der Waals surface area (Å²) in [7, 11) is 1.55. The molecule has 0 aliphatic carbocycles. The van der Waals surface area contributed by atoms with E-state index in [0.29, 0.717) is 22.4 Å². The molecule has 1 aromatic heterocycles. The van der Waals surface area contributed by atoms with E-state index in [4.69, 9.17) is 4.74 Å². The number of aromatic nitrogens is 1. The Balaban J connectivity index is 2.76. The second kappa shape index (κ2) is 4.49. The second-order valence-electron chi connectivity index (χ2n) is 4.04. The summed E-state index contributed by atoms with van der Waals surface area (Å²) in [4.78, 5) is 23.0. The van der Waals surface area contributed by atoms with Gasteiger partial charge in [-0.1, -0.05) is 6.58 Å². The number of fused-ring (bicyclic) bond motifs is 1. The van der Waals surface area contributed by atoms with Crippen LogP contribution in [0.4, 0.5) is 0 Å². The van der Waals surface area contributed by atoms with Gasteiger partial charge in [-0.15, -0.1) is 0 Å². The summed E-state index contributed by atoms with van der Waals surface area (Å²) < 4.78 is 6.55. The first-order valence-corrected chi connectivity index (χ1v) is 5.43. The maximum absolute atomic E-state index is 12.0. The minimum Gasteiger partial charge on any atom is -0.497 e. The molecule has 2 aromatic rings. The van der Waals surface area contributed by atoms with E-state index < -0.39 is 0 Å². The van der Waals surface area contributed by atoms with Crippen molar-refractivity contribution >= 4 is 23.1 Å². The van der Waals surface area contributed by atoms with Crippen molar-refractivity contribution in [3.63, 3.8) is 0 Å². The normalized spacial score (nSPS) is 10.3. The van der Waals surface area contributed by atoms with E-state index >= 15 is 0 Å². The van der Waals surface area contributed by atoms with E-state index in [-0.39, 0.29) is 5.91 Å². The van der Waals surface area contributed by atoms with Gasteiger partial charge in [0.1, 0.15) is 5.75 Å². The maximum atomic E-state index is 12.0. The molecule has 18 heavy (non-hydrogen) atoms. The van der Waals surface area contributed by atoms with Gasteiger partial charge in [-0.25, -0.2) is 0 Å². The molecule has 0 saturated heterocycles. The van der Waals surface area contributed by atoms with E-state index in [1.54, 1.807) is 32.2 Å². The number of rotatable bonds is 3. The zero-order valence-electron chi connectivity index (χ0n) is 10.3. The molecule has 4 heteroatoms. The van der Waals surface area contributed by atoms with Crippen molar-refractivity contribution in [2.24, 2.45) is 0 Å². The lowest BCUT2D eigenvalue weighted by Gasteiger charge is -2.04. The molecule has 2 rings (SSSR count). The summed E-state index contributed by atoms with van der Waals surface area (Å²) in [6.45, 7) is 5.26. The summed E-state index contributed by atoms with van der Waals surface area (Å²) in [6, 6.07) is 5.24. The molecular formula is C14H13NO3. The fraction of sp³-hybridized carbons (Fsp3) is 0.143. The molecule has 0 atom stereocenters. The Morgan fingerprint density at radius 1 is 1.44 bits per heavy atom. The van der Waals surface area contributed by atoms with Crippen LogP contribution in [-0.2, 0) is 0 Å². The van der Waals surface area contributed by atoms with E-state index in [9.17, 15) is 9.59 Å². The van der Waals surface area contributed by atoms with Gasteiger partial charge in [0.25, 0.3) is 5.91 Å². The van der Waals surface area contributed by atoms with E-state index in [0.717, 1.165) is 11.7 Å². The fourth-order valence-corrected chi connectivity index (χ4v) is 1.83. The van der Waals surface area contributed by atoms with Crippen LogP contribution < -0.4 is 4.74 Å². The highest BCUT2D eigenvalue weighted by molar-refractivity contribution is 6.06. The van der Waals surface area contributed by atoms with Crippen molar-refractivity contribution in [2.45, 2.75) is 6.92 Å². The predicted octanol–water partition coefficient (Wildman–Crippen LogP) is 2.68. The Morgan fingerprint density at radius 2 is 2.17 bits per heavy atom. The first-order chi connectivity index (χ1) is 8.58. The number of allylic oxidation sites excluding steroid dienone is 1. The van der Waals surface area contributed by atoms with Gasteiger partial charge in [0.05, 0.1) is 12.6 Å².